The topological polar surface area (TPSA) is 55.1 Å². The molecule has 0 fully saturated rings. The van der Waals surface area contributed by atoms with Gasteiger partial charge in [-0.1, -0.05) is 12.1 Å². The van der Waals surface area contributed by atoms with Gasteiger partial charge in [0.25, 0.3) is 0 Å². The number of aromatic nitrogens is 3. The van der Waals surface area contributed by atoms with Gasteiger partial charge in [-0.05, 0) is 30.7 Å². The van der Waals surface area contributed by atoms with Crippen LogP contribution in [0.2, 0.25) is 0 Å². The number of fused-ring (bicyclic) bond motifs is 1. The molecule has 0 spiro atoms. The van der Waals surface area contributed by atoms with Crippen LogP contribution in [0.3, 0.4) is 0 Å². The number of aliphatic imine (C=N–C) groups is 1. The van der Waals surface area contributed by atoms with Gasteiger partial charge in [0.1, 0.15) is 0 Å². The fourth-order valence-electron chi connectivity index (χ4n) is 2.33. The van der Waals surface area contributed by atoms with Gasteiger partial charge in [-0.25, -0.2) is 0 Å². The predicted octanol–water partition coefficient (Wildman–Crippen LogP) is 2.70. The van der Waals surface area contributed by atoms with E-state index < -0.39 is 0 Å². The summed E-state index contributed by atoms with van der Waals surface area (Å²) in [6.07, 6.45) is 7.38. The summed E-state index contributed by atoms with van der Waals surface area (Å²) >= 11 is 0. The van der Waals surface area contributed by atoms with Gasteiger partial charge in [-0.15, -0.1) is 0 Å². The Bertz CT molecular complexity index is 790. The van der Waals surface area contributed by atoms with Crippen molar-refractivity contribution in [3.8, 4) is 0 Å². The van der Waals surface area contributed by atoms with Gasteiger partial charge in [-0.3, -0.25) is 20.0 Å². The van der Waals surface area contributed by atoms with Gasteiger partial charge >= 0.3 is 0 Å². The zero-order valence-electron chi connectivity index (χ0n) is 12.8. The number of nitrogens with one attached hydrogen (secondary N) is 1. The number of pyridine rings is 1. The average Bonchev–Trinajstić information content (AvgIpc) is 2.96. The third-order valence-electron chi connectivity index (χ3n) is 3.58. The lowest BCUT2D eigenvalue weighted by atomic mass is 10.1. The average molecular weight is 293 g/mol. The van der Waals surface area contributed by atoms with E-state index in [1.54, 1.807) is 10.9 Å². The van der Waals surface area contributed by atoms with Crippen molar-refractivity contribution in [2.75, 3.05) is 6.67 Å². The summed E-state index contributed by atoms with van der Waals surface area (Å²) in [6.45, 7) is 2.71. The molecule has 112 valence electrons. The standard InChI is InChI=1S/C17H19N5/c1-13(20-12-18-9-14-10-21-22(2)11-14)15-5-6-17-16(8-15)4-3-7-19-17/h3-11,13,20H,12H2,1-2H3. The molecule has 5 nitrogen and oxygen atoms in total. The van der Waals surface area contributed by atoms with Gasteiger partial charge in [0.05, 0.1) is 18.4 Å². The van der Waals surface area contributed by atoms with Gasteiger partial charge in [0.15, 0.2) is 0 Å². The predicted molar refractivity (Wildman–Crippen MR) is 89.0 cm³/mol. The van der Waals surface area contributed by atoms with E-state index in [1.807, 2.05) is 31.7 Å². The molecule has 3 aromatic rings. The van der Waals surface area contributed by atoms with Crippen LogP contribution >= 0.6 is 0 Å². The lowest BCUT2D eigenvalue weighted by Gasteiger charge is -2.13. The quantitative estimate of drug-likeness (QED) is 0.736. The van der Waals surface area contributed by atoms with Gasteiger partial charge < -0.3 is 0 Å². The SMILES string of the molecule is CC(NCN=Cc1cnn(C)c1)c1ccc2ncccc2c1. The van der Waals surface area contributed by atoms with Crippen LogP contribution in [-0.2, 0) is 7.05 Å². The molecule has 5 heteroatoms. The summed E-state index contributed by atoms with van der Waals surface area (Å²) in [7, 11) is 1.90. The molecule has 1 N–H and O–H groups in total. The lowest BCUT2D eigenvalue weighted by molar-refractivity contribution is 0.590. The maximum absolute atomic E-state index is 4.38. The maximum Gasteiger partial charge on any atom is 0.0889 e. The Morgan fingerprint density at radius 3 is 3.09 bits per heavy atom. The Balaban J connectivity index is 1.60. The Morgan fingerprint density at radius 2 is 2.27 bits per heavy atom. The fourth-order valence-corrected chi connectivity index (χ4v) is 2.33. The van der Waals surface area contributed by atoms with E-state index >= 15 is 0 Å². The molecule has 3 rings (SSSR count). The molecule has 0 radical (unpaired) electrons. The second kappa shape index (κ2) is 6.49. The normalized spacial score (nSPS) is 13.0. The summed E-state index contributed by atoms with van der Waals surface area (Å²) in [4.78, 5) is 8.72. The Labute approximate surface area is 129 Å². The highest BCUT2D eigenvalue weighted by molar-refractivity contribution is 5.79. The Hall–Kier alpha value is -2.53. The van der Waals surface area contributed by atoms with Crippen molar-refractivity contribution in [3.63, 3.8) is 0 Å². The Morgan fingerprint density at radius 1 is 1.36 bits per heavy atom. The number of aryl methyl sites for hydroxylation is 1. The van der Waals surface area contributed by atoms with Crippen LogP contribution in [0.4, 0.5) is 0 Å². The first-order valence-electron chi connectivity index (χ1n) is 7.29. The third kappa shape index (κ3) is 3.38. The molecule has 22 heavy (non-hydrogen) atoms. The summed E-state index contributed by atoms with van der Waals surface area (Å²) in [5.74, 6) is 0. The van der Waals surface area contributed by atoms with E-state index in [-0.39, 0.29) is 6.04 Å². The highest BCUT2D eigenvalue weighted by atomic mass is 15.2. The monoisotopic (exact) mass is 293 g/mol. The second-order valence-electron chi connectivity index (χ2n) is 5.30. The molecular weight excluding hydrogens is 274 g/mol. The van der Waals surface area contributed by atoms with Crippen LogP contribution in [0.5, 0.6) is 0 Å². The van der Waals surface area contributed by atoms with Crippen molar-refractivity contribution in [1.82, 2.24) is 20.1 Å². The van der Waals surface area contributed by atoms with Crippen molar-refractivity contribution < 1.29 is 0 Å². The summed E-state index contributed by atoms with van der Waals surface area (Å²) < 4.78 is 1.76. The maximum atomic E-state index is 4.38. The van der Waals surface area contributed by atoms with Crippen LogP contribution in [0.25, 0.3) is 10.9 Å². The van der Waals surface area contributed by atoms with Crippen molar-refractivity contribution in [2.45, 2.75) is 13.0 Å². The zero-order valence-corrected chi connectivity index (χ0v) is 12.8. The molecule has 1 unspecified atom stereocenters. The van der Waals surface area contributed by atoms with Crippen LogP contribution in [0.15, 0.2) is 53.9 Å². The molecule has 0 aliphatic heterocycles. The van der Waals surface area contributed by atoms with E-state index in [0.29, 0.717) is 6.67 Å². The molecule has 2 heterocycles. The molecule has 1 aromatic carbocycles. The molecule has 0 saturated heterocycles. The second-order valence-corrected chi connectivity index (χ2v) is 5.30. The fraction of sp³-hybridized carbons (Fsp3) is 0.235. The van der Waals surface area contributed by atoms with Crippen molar-refractivity contribution in [3.05, 3.63) is 60.0 Å². The van der Waals surface area contributed by atoms with E-state index in [4.69, 9.17) is 0 Å². The van der Waals surface area contributed by atoms with E-state index in [9.17, 15) is 0 Å². The largest absolute Gasteiger partial charge is 0.292 e. The molecule has 0 saturated carbocycles. The zero-order chi connectivity index (χ0) is 15.4. The van der Waals surface area contributed by atoms with Crippen molar-refractivity contribution in [1.29, 1.82) is 0 Å². The first kappa shape index (κ1) is 14.4. The smallest absolute Gasteiger partial charge is 0.0889 e. The van der Waals surface area contributed by atoms with Gasteiger partial charge in [0.2, 0.25) is 0 Å². The molecule has 0 aliphatic rings. The first-order valence-corrected chi connectivity index (χ1v) is 7.29. The van der Waals surface area contributed by atoms with Gasteiger partial charge in [-0.2, -0.15) is 5.10 Å². The molecule has 0 amide bonds. The minimum atomic E-state index is 0.232. The lowest BCUT2D eigenvalue weighted by Crippen LogP contribution is -2.18. The Kier molecular flexibility index (Phi) is 4.25. The molecule has 0 bridgehead atoms. The van der Waals surface area contributed by atoms with E-state index in [1.165, 1.54) is 5.56 Å². The summed E-state index contributed by atoms with van der Waals surface area (Å²) in [5.41, 5.74) is 3.26. The van der Waals surface area contributed by atoms with Crippen LogP contribution in [0.1, 0.15) is 24.1 Å². The van der Waals surface area contributed by atoms with Gasteiger partial charge in [0, 0.05) is 42.6 Å². The number of hydrogen-bond acceptors (Lipinski definition) is 4. The first-order chi connectivity index (χ1) is 10.7. The molecular formula is C17H19N5. The number of rotatable bonds is 5. The third-order valence-corrected chi connectivity index (χ3v) is 3.58. The van der Waals surface area contributed by atoms with Crippen LogP contribution in [0, 0.1) is 0 Å². The number of nitrogens with zero attached hydrogens (tertiary/aromatic N) is 4. The van der Waals surface area contributed by atoms with Crippen LogP contribution < -0.4 is 5.32 Å². The molecule has 0 aliphatic carbocycles. The van der Waals surface area contributed by atoms with E-state index in [0.717, 1.165) is 16.5 Å². The van der Waals surface area contributed by atoms with Crippen molar-refractivity contribution >= 4 is 17.1 Å². The highest BCUT2D eigenvalue weighted by Gasteiger charge is 2.05. The molecule has 2 aromatic heterocycles. The summed E-state index contributed by atoms with van der Waals surface area (Å²) in [6, 6.07) is 10.6. The molecule has 1 atom stereocenters. The van der Waals surface area contributed by atoms with E-state index in [2.05, 4.69) is 51.6 Å². The van der Waals surface area contributed by atoms with Crippen molar-refractivity contribution in [2.24, 2.45) is 12.0 Å². The van der Waals surface area contributed by atoms with Crippen LogP contribution in [-0.4, -0.2) is 27.6 Å². The summed E-state index contributed by atoms with van der Waals surface area (Å²) in [5, 5.41) is 8.66. The number of benzene rings is 1. The number of hydrogen-bond donors (Lipinski definition) is 1. The minimum Gasteiger partial charge on any atom is -0.292 e. The minimum absolute atomic E-state index is 0.232. The highest BCUT2D eigenvalue weighted by Crippen LogP contribution is 2.18.